The van der Waals surface area contributed by atoms with E-state index in [9.17, 15) is 4.79 Å². The van der Waals surface area contributed by atoms with E-state index >= 15 is 0 Å². The topological polar surface area (TPSA) is 44.8 Å². The van der Waals surface area contributed by atoms with E-state index in [0.29, 0.717) is 31.2 Å². The van der Waals surface area contributed by atoms with Crippen LogP contribution in [0.25, 0.3) is 5.76 Å². The number of ketones is 1. The summed E-state index contributed by atoms with van der Waals surface area (Å²) in [6, 6.07) is 14.5. The number of benzene rings is 2. The van der Waals surface area contributed by atoms with Gasteiger partial charge in [0.15, 0.2) is 5.78 Å². The molecule has 2 aromatic carbocycles. The first kappa shape index (κ1) is 17.7. The Morgan fingerprint density at radius 1 is 1.00 bits per heavy atom. The van der Waals surface area contributed by atoms with Gasteiger partial charge in [-0.2, -0.15) is 0 Å². The van der Waals surface area contributed by atoms with Gasteiger partial charge in [0.05, 0.1) is 13.7 Å². The van der Waals surface area contributed by atoms with Crippen LogP contribution < -0.4 is 9.47 Å². The minimum absolute atomic E-state index is 0.116. The zero-order valence-corrected chi connectivity index (χ0v) is 14.2. The average molecular weight is 324 g/mol. The predicted molar refractivity (Wildman–Crippen MR) is 97.0 cm³/mol. The predicted octanol–water partition coefficient (Wildman–Crippen LogP) is 3.73. The summed E-state index contributed by atoms with van der Waals surface area (Å²) in [5, 5.41) is 0. The molecule has 0 aromatic heterocycles. The molecule has 0 aliphatic carbocycles. The summed E-state index contributed by atoms with van der Waals surface area (Å²) >= 11 is 0. The smallest absolute Gasteiger partial charge is 0.336 e. The number of carbonyl (C=O) groups excluding carboxylic acids is 1. The normalized spacial score (nSPS) is 10.9. The third-order valence-electron chi connectivity index (χ3n) is 3.39. The molecule has 2 aromatic rings. The summed E-state index contributed by atoms with van der Waals surface area (Å²) in [6.45, 7) is 4.44. The molecule has 0 aliphatic rings. The Balaban J connectivity index is 2.24. The van der Waals surface area contributed by atoms with E-state index in [2.05, 4.69) is 0 Å². The molecule has 0 spiro atoms. The van der Waals surface area contributed by atoms with Gasteiger partial charge < -0.3 is 14.1 Å². The van der Waals surface area contributed by atoms with Crippen molar-refractivity contribution in [3.05, 3.63) is 65.7 Å². The highest BCUT2D eigenvalue weighted by atomic mass is 16.5. The summed E-state index contributed by atoms with van der Waals surface area (Å²) in [7, 11) is 2.07. The molecule has 0 saturated carbocycles. The Labute approximate surface area is 143 Å². The second-order valence-electron chi connectivity index (χ2n) is 4.99. The first-order valence-corrected chi connectivity index (χ1v) is 7.94. The third kappa shape index (κ3) is 4.65. The lowest BCUT2D eigenvalue weighted by Crippen LogP contribution is -2.01. The van der Waals surface area contributed by atoms with Gasteiger partial charge in [-0.15, -0.1) is 0 Å². The highest BCUT2D eigenvalue weighted by molar-refractivity contribution is 6.27. The van der Waals surface area contributed by atoms with Crippen molar-refractivity contribution in [2.75, 3.05) is 13.7 Å². The molecule has 0 fully saturated rings. The monoisotopic (exact) mass is 324 g/mol. The van der Waals surface area contributed by atoms with Gasteiger partial charge in [0.1, 0.15) is 17.3 Å². The molecule has 0 atom stereocenters. The van der Waals surface area contributed by atoms with Gasteiger partial charge >= 0.3 is 7.48 Å². The molecule has 5 heteroatoms. The van der Waals surface area contributed by atoms with Crippen molar-refractivity contribution >= 4 is 19.0 Å². The average Bonchev–Trinajstić information content (AvgIpc) is 2.62. The summed E-state index contributed by atoms with van der Waals surface area (Å²) in [5.74, 6) is 1.93. The maximum absolute atomic E-state index is 12.5. The Morgan fingerprint density at radius 3 is 2.12 bits per heavy atom. The molecule has 24 heavy (non-hydrogen) atoms. The molecule has 124 valence electrons. The molecule has 4 nitrogen and oxygen atoms in total. The van der Waals surface area contributed by atoms with E-state index < -0.39 is 0 Å². The van der Waals surface area contributed by atoms with Gasteiger partial charge in [0, 0.05) is 17.2 Å². The van der Waals surface area contributed by atoms with E-state index in [-0.39, 0.29) is 5.78 Å². The maximum atomic E-state index is 12.5. The number of methoxy groups -OCH3 is 1. The van der Waals surface area contributed by atoms with Crippen molar-refractivity contribution in [2.45, 2.75) is 13.7 Å². The maximum Gasteiger partial charge on any atom is 0.336 e. The first-order valence-electron chi connectivity index (χ1n) is 7.94. The number of carbonyl (C=O) groups is 1. The largest absolute Gasteiger partial charge is 0.564 e. The van der Waals surface area contributed by atoms with Gasteiger partial charge in [-0.3, -0.25) is 4.79 Å². The Kier molecular flexibility index (Phi) is 6.49. The van der Waals surface area contributed by atoms with Crippen molar-refractivity contribution in [3.8, 4) is 11.5 Å². The highest BCUT2D eigenvalue weighted by Gasteiger charge is 2.09. The van der Waals surface area contributed by atoms with E-state index in [0.717, 1.165) is 11.3 Å². The molecular weight excluding hydrogens is 303 g/mol. The zero-order valence-electron chi connectivity index (χ0n) is 14.2. The zero-order chi connectivity index (χ0) is 17.4. The molecule has 0 saturated heterocycles. The molecule has 0 aliphatic heterocycles. The molecule has 2 rings (SSSR count). The van der Waals surface area contributed by atoms with Crippen molar-refractivity contribution in [3.63, 3.8) is 0 Å². The van der Waals surface area contributed by atoms with E-state index in [1.54, 1.807) is 31.4 Å². The van der Waals surface area contributed by atoms with Crippen molar-refractivity contribution < 1.29 is 18.9 Å². The highest BCUT2D eigenvalue weighted by Crippen LogP contribution is 2.21. The number of ether oxygens (including phenoxy) is 2. The Bertz CT molecular complexity index is 690. The fourth-order valence-electron chi connectivity index (χ4n) is 2.20. The van der Waals surface area contributed by atoms with Crippen LogP contribution in [0.5, 0.6) is 11.5 Å². The van der Waals surface area contributed by atoms with Crippen LogP contribution in [-0.4, -0.2) is 27.0 Å². The van der Waals surface area contributed by atoms with Gasteiger partial charge in [0.25, 0.3) is 0 Å². The minimum atomic E-state index is -0.116. The molecular formula is C19H21BO4. The molecule has 0 heterocycles. The molecule has 0 amide bonds. The van der Waals surface area contributed by atoms with Crippen LogP contribution in [0.3, 0.4) is 0 Å². The fourth-order valence-corrected chi connectivity index (χ4v) is 2.20. The Hall–Kier alpha value is -2.69. The van der Waals surface area contributed by atoms with Crippen molar-refractivity contribution in [1.82, 2.24) is 0 Å². The lowest BCUT2D eigenvalue weighted by atomic mass is 10.0. The van der Waals surface area contributed by atoms with Crippen LogP contribution in [0.15, 0.2) is 54.6 Å². The Morgan fingerprint density at radius 2 is 1.58 bits per heavy atom. The summed E-state index contributed by atoms with van der Waals surface area (Å²) in [6.07, 6.45) is 1.51. The molecule has 0 bridgehead atoms. The van der Waals surface area contributed by atoms with Crippen LogP contribution in [0, 0.1) is 0 Å². The second-order valence-corrected chi connectivity index (χ2v) is 4.99. The second kappa shape index (κ2) is 8.82. The van der Waals surface area contributed by atoms with Crippen LogP contribution >= 0.6 is 0 Å². The van der Waals surface area contributed by atoms with Crippen LogP contribution in [0.1, 0.15) is 22.8 Å². The summed E-state index contributed by atoms with van der Waals surface area (Å²) in [5.41, 5.74) is 1.42. The van der Waals surface area contributed by atoms with Gasteiger partial charge in [-0.1, -0.05) is 6.82 Å². The first-order chi connectivity index (χ1) is 11.7. The van der Waals surface area contributed by atoms with Gasteiger partial charge in [-0.05, 0) is 55.5 Å². The molecule has 0 N–H and O–H groups in total. The van der Waals surface area contributed by atoms with Crippen molar-refractivity contribution in [1.29, 1.82) is 0 Å². The van der Waals surface area contributed by atoms with E-state index in [1.807, 2.05) is 38.0 Å². The molecule has 0 unspecified atom stereocenters. The lowest BCUT2D eigenvalue weighted by molar-refractivity contribution is 0.104. The van der Waals surface area contributed by atoms with Gasteiger partial charge in [-0.25, -0.2) is 0 Å². The number of hydrogen-bond donors (Lipinski definition) is 0. The summed E-state index contributed by atoms with van der Waals surface area (Å²) < 4.78 is 16.2. The number of allylic oxidation sites excluding steroid dienone is 1. The van der Waals surface area contributed by atoms with Crippen LogP contribution in [-0.2, 0) is 4.65 Å². The van der Waals surface area contributed by atoms with Crippen LogP contribution in [0.2, 0.25) is 6.82 Å². The minimum Gasteiger partial charge on any atom is -0.564 e. The van der Waals surface area contributed by atoms with E-state index in [4.69, 9.17) is 14.1 Å². The fraction of sp³-hybridized carbons (Fsp3) is 0.211. The quantitative estimate of drug-likeness (QED) is 0.321. The lowest BCUT2D eigenvalue weighted by Gasteiger charge is -2.10. The number of rotatable bonds is 8. The SMILES string of the molecule is CBO/C(=C\C(=O)c1ccc(OC)cc1)c1ccc(OCC)cc1. The summed E-state index contributed by atoms with van der Waals surface area (Å²) in [4.78, 5) is 12.5. The van der Waals surface area contributed by atoms with E-state index in [1.165, 1.54) is 6.08 Å². The standard InChI is InChI=1S/C19H21BO4/c1-4-23-17-11-7-15(8-12-17)19(24-20-2)13-18(21)14-5-9-16(22-3)10-6-14/h5-13,20H,4H2,1-3H3/b19-13-. The van der Waals surface area contributed by atoms with Gasteiger partial charge in [0.2, 0.25) is 0 Å². The number of hydrogen-bond acceptors (Lipinski definition) is 4. The third-order valence-corrected chi connectivity index (χ3v) is 3.39. The van der Waals surface area contributed by atoms with Crippen molar-refractivity contribution in [2.24, 2.45) is 0 Å². The van der Waals surface area contributed by atoms with Crippen LogP contribution in [0.4, 0.5) is 0 Å². The molecule has 0 radical (unpaired) electrons.